The number of hydrogen-bond acceptors (Lipinski definition) is 4. The van der Waals surface area contributed by atoms with Crippen molar-refractivity contribution < 1.29 is 22.7 Å². The quantitative estimate of drug-likeness (QED) is 0.325. The van der Waals surface area contributed by atoms with Crippen molar-refractivity contribution in [2.24, 2.45) is 4.99 Å². The molecule has 2 aromatic rings. The predicted molar refractivity (Wildman–Crippen MR) is 123 cm³/mol. The van der Waals surface area contributed by atoms with Crippen molar-refractivity contribution in [3.63, 3.8) is 0 Å². The zero-order chi connectivity index (χ0) is 21.6. The van der Waals surface area contributed by atoms with E-state index in [1.54, 1.807) is 18.2 Å². The maximum Gasteiger partial charge on any atom is 0.416 e. The van der Waals surface area contributed by atoms with Crippen LogP contribution < -0.4 is 5.32 Å². The van der Waals surface area contributed by atoms with Gasteiger partial charge in [0.15, 0.2) is 5.96 Å². The number of nitrogens with zero attached hydrogens (tertiary/aromatic N) is 3. The van der Waals surface area contributed by atoms with Crippen molar-refractivity contribution in [3.8, 4) is 0 Å². The van der Waals surface area contributed by atoms with Gasteiger partial charge in [0, 0.05) is 39.3 Å². The molecule has 2 N–H and O–H groups in total. The van der Waals surface area contributed by atoms with E-state index in [2.05, 4.69) is 20.1 Å². The van der Waals surface area contributed by atoms with Crippen LogP contribution in [0.2, 0.25) is 0 Å². The topological polar surface area (TPSA) is 64.2 Å². The molecular formula is C21H28F3IN4O2. The maximum absolute atomic E-state index is 12.9. The van der Waals surface area contributed by atoms with Gasteiger partial charge in [0.25, 0.3) is 0 Å². The molecule has 0 spiro atoms. The fourth-order valence-electron chi connectivity index (χ4n) is 3.39. The van der Waals surface area contributed by atoms with Gasteiger partial charge in [-0.2, -0.15) is 13.2 Å². The fraction of sp³-hybridized carbons (Fsp3) is 0.476. The number of halogens is 4. The molecule has 1 aromatic carbocycles. The summed E-state index contributed by atoms with van der Waals surface area (Å²) in [4.78, 5) is 8.75. The van der Waals surface area contributed by atoms with Gasteiger partial charge in [-0.1, -0.05) is 18.2 Å². The van der Waals surface area contributed by atoms with Crippen molar-refractivity contribution in [1.29, 1.82) is 0 Å². The van der Waals surface area contributed by atoms with E-state index in [9.17, 15) is 18.3 Å². The summed E-state index contributed by atoms with van der Waals surface area (Å²) in [6.45, 7) is 6.14. The van der Waals surface area contributed by atoms with Crippen molar-refractivity contribution in [3.05, 3.63) is 59.5 Å². The van der Waals surface area contributed by atoms with Crippen molar-refractivity contribution >= 4 is 29.9 Å². The van der Waals surface area contributed by atoms with Crippen LogP contribution in [0.4, 0.5) is 13.2 Å². The summed E-state index contributed by atoms with van der Waals surface area (Å²) in [5.41, 5.74) is 0.0377. The van der Waals surface area contributed by atoms with Crippen LogP contribution in [0.5, 0.6) is 0 Å². The van der Waals surface area contributed by atoms with Crippen LogP contribution in [0.15, 0.2) is 52.1 Å². The molecule has 2 heterocycles. The highest BCUT2D eigenvalue weighted by molar-refractivity contribution is 14.0. The number of benzene rings is 1. The van der Waals surface area contributed by atoms with Crippen LogP contribution in [-0.2, 0) is 12.7 Å². The molecule has 1 aromatic heterocycles. The molecular weight excluding hydrogens is 524 g/mol. The van der Waals surface area contributed by atoms with E-state index in [-0.39, 0.29) is 30.5 Å². The van der Waals surface area contributed by atoms with E-state index in [4.69, 9.17) is 4.42 Å². The number of alkyl halides is 3. The van der Waals surface area contributed by atoms with Crippen molar-refractivity contribution in [1.82, 2.24) is 15.1 Å². The van der Waals surface area contributed by atoms with Gasteiger partial charge >= 0.3 is 6.18 Å². The standard InChI is InChI=1S/C21H27F3N4O2.HI/c1-2-25-20(26-14-18(29)19-7-4-12-30-19)28-10-8-27(9-11-28)15-16-5-3-6-17(13-16)21(22,23)24;/h3-7,12-13,18,29H,2,8-11,14-15H2,1H3,(H,25,26);1H. The first kappa shape index (κ1) is 25.5. The summed E-state index contributed by atoms with van der Waals surface area (Å²) in [6, 6.07) is 8.92. The van der Waals surface area contributed by atoms with Gasteiger partial charge in [0.05, 0.1) is 18.4 Å². The number of aliphatic hydroxyl groups excluding tert-OH is 1. The molecule has 1 atom stereocenters. The summed E-state index contributed by atoms with van der Waals surface area (Å²) >= 11 is 0. The molecule has 31 heavy (non-hydrogen) atoms. The van der Waals surface area contributed by atoms with Gasteiger partial charge in [0.2, 0.25) is 0 Å². The minimum atomic E-state index is -4.33. The molecule has 0 radical (unpaired) electrons. The average molecular weight is 552 g/mol. The largest absolute Gasteiger partial charge is 0.467 e. The zero-order valence-electron chi connectivity index (χ0n) is 17.3. The molecule has 1 aliphatic rings. The van der Waals surface area contributed by atoms with Gasteiger partial charge in [-0.15, -0.1) is 24.0 Å². The van der Waals surface area contributed by atoms with Crippen LogP contribution >= 0.6 is 24.0 Å². The van der Waals surface area contributed by atoms with Crippen LogP contribution in [0, 0.1) is 0 Å². The molecule has 0 saturated carbocycles. The molecule has 1 saturated heterocycles. The second-order valence-electron chi connectivity index (χ2n) is 7.19. The lowest BCUT2D eigenvalue weighted by molar-refractivity contribution is -0.137. The van der Waals surface area contributed by atoms with E-state index < -0.39 is 17.8 Å². The number of rotatable bonds is 6. The maximum atomic E-state index is 12.9. The van der Waals surface area contributed by atoms with Crippen LogP contribution in [0.3, 0.4) is 0 Å². The number of aliphatic imine (C=N–C) groups is 1. The van der Waals surface area contributed by atoms with E-state index in [0.717, 1.165) is 6.07 Å². The number of furan rings is 1. The van der Waals surface area contributed by atoms with Crippen molar-refractivity contribution in [2.75, 3.05) is 39.3 Å². The first-order chi connectivity index (χ1) is 14.4. The highest BCUT2D eigenvalue weighted by Crippen LogP contribution is 2.29. The molecule has 1 unspecified atom stereocenters. The van der Waals surface area contributed by atoms with Gasteiger partial charge in [-0.05, 0) is 30.7 Å². The Morgan fingerprint density at radius 1 is 1.19 bits per heavy atom. The third kappa shape index (κ3) is 7.39. The Balaban J connectivity index is 0.00000341. The molecule has 172 valence electrons. The van der Waals surface area contributed by atoms with Gasteiger partial charge in [-0.25, -0.2) is 4.99 Å². The average Bonchev–Trinajstić information content (AvgIpc) is 3.26. The molecule has 6 nitrogen and oxygen atoms in total. The molecule has 3 rings (SSSR count). The molecule has 0 amide bonds. The monoisotopic (exact) mass is 552 g/mol. The second kappa shape index (κ2) is 11.7. The minimum Gasteiger partial charge on any atom is -0.467 e. The SMILES string of the molecule is CCNC(=NCC(O)c1ccco1)N1CCN(Cc2cccc(C(F)(F)F)c2)CC1.I. The van der Waals surface area contributed by atoms with E-state index >= 15 is 0 Å². The first-order valence-electron chi connectivity index (χ1n) is 10.00. The predicted octanol–water partition coefficient (Wildman–Crippen LogP) is 3.73. The Kier molecular flexibility index (Phi) is 9.63. The lowest BCUT2D eigenvalue weighted by Gasteiger charge is -2.36. The van der Waals surface area contributed by atoms with E-state index in [1.165, 1.54) is 18.4 Å². The number of hydrogen-bond donors (Lipinski definition) is 2. The van der Waals surface area contributed by atoms with E-state index in [0.29, 0.717) is 56.6 Å². The Labute approximate surface area is 197 Å². The van der Waals surface area contributed by atoms with Gasteiger partial charge in [-0.3, -0.25) is 4.90 Å². The molecule has 1 aliphatic heterocycles. The first-order valence-corrected chi connectivity index (χ1v) is 10.00. The Morgan fingerprint density at radius 2 is 1.94 bits per heavy atom. The summed E-state index contributed by atoms with van der Waals surface area (Å²) in [7, 11) is 0. The fourth-order valence-corrected chi connectivity index (χ4v) is 3.39. The molecule has 10 heteroatoms. The molecule has 0 aliphatic carbocycles. The lowest BCUT2D eigenvalue weighted by atomic mass is 10.1. The highest BCUT2D eigenvalue weighted by atomic mass is 127. The smallest absolute Gasteiger partial charge is 0.416 e. The van der Waals surface area contributed by atoms with Crippen LogP contribution in [-0.4, -0.2) is 60.1 Å². The normalized spacial score (nSPS) is 16.7. The molecule has 1 fully saturated rings. The highest BCUT2D eigenvalue weighted by Gasteiger charge is 2.30. The molecule has 0 bridgehead atoms. The minimum absolute atomic E-state index is 0. The number of aliphatic hydroxyl groups is 1. The van der Waals surface area contributed by atoms with Crippen LogP contribution in [0.1, 0.15) is 29.9 Å². The summed E-state index contributed by atoms with van der Waals surface area (Å²) in [6.07, 6.45) is -3.63. The Morgan fingerprint density at radius 3 is 2.55 bits per heavy atom. The summed E-state index contributed by atoms with van der Waals surface area (Å²) < 4.78 is 43.9. The third-order valence-electron chi connectivity index (χ3n) is 4.95. The van der Waals surface area contributed by atoms with Crippen LogP contribution in [0.25, 0.3) is 0 Å². The summed E-state index contributed by atoms with van der Waals surface area (Å²) in [5.74, 6) is 1.18. The summed E-state index contributed by atoms with van der Waals surface area (Å²) in [5, 5.41) is 13.4. The lowest BCUT2D eigenvalue weighted by Crippen LogP contribution is -2.52. The van der Waals surface area contributed by atoms with Crippen molar-refractivity contribution in [2.45, 2.75) is 25.7 Å². The number of nitrogens with one attached hydrogen (secondary N) is 1. The van der Waals surface area contributed by atoms with Gasteiger partial charge in [0.1, 0.15) is 11.9 Å². The Bertz CT molecular complexity index is 822. The number of piperazine rings is 1. The number of guanidine groups is 1. The van der Waals surface area contributed by atoms with Gasteiger partial charge < -0.3 is 19.7 Å². The zero-order valence-corrected chi connectivity index (χ0v) is 19.6. The second-order valence-corrected chi connectivity index (χ2v) is 7.19. The third-order valence-corrected chi connectivity index (χ3v) is 4.95. The Hall–Kier alpha value is -1.79. The van der Waals surface area contributed by atoms with E-state index in [1.807, 2.05) is 6.92 Å².